The molecule has 1 N–H and O–H groups in total. The average Bonchev–Trinajstić information content (AvgIpc) is 2.54. The maximum Gasteiger partial charge on any atom is 0.217 e. The summed E-state index contributed by atoms with van der Waals surface area (Å²) in [5.74, 6) is 2.21. The molecule has 0 saturated heterocycles. The molecule has 0 aliphatic heterocycles. The summed E-state index contributed by atoms with van der Waals surface area (Å²) >= 11 is 0. The third kappa shape index (κ3) is 4.10. The number of hydrogen-bond acceptors (Lipinski definition) is 5. The lowest BCUT2D eigenvalue weighted by Gasteiger charge is -2.10. The SMILES string of the molecule is COc1cc(CNCc2cccnc2OC)cc(OC)c1. The fourth-order valence-electron chi connectivity index (χ4n) is 2.05. The van der Waals surface area contributed by atoms with Gasteiger partial charge in [-0.15, -0.1) is 0 Å². The van der Waals surface area contributed by atoms with Gasteiger partial charge in [0.2, 0.25) is 5.88 Å². The van der Waals surface area contributed by atoms with E-state index < -0.39 is 0 Å². The summed E-state index contributed by atoms with van der Waals surface area (Å²) in [6, 6.07) is 9.71. The number of nitrogens with one attached hydrogen (secondary N) is 1. The Labute approximate surface area is 124 Å². The van der Waals surface area contributed by atoms with Gasteiger partial charge in [-0.05, 0) is 23.8 Å². The highest BCUT2D eigenvalue weighted by atomic mass is 16.5. The van der Waals surface area contributed by atoms with E-state index in [9.17, 15) is 0 Å². The predicted octanol–water partition coefficient (Wildman–Crippen LogP) is 2.40. The average molecular weight is 288 g/mol. The Balaban J connectivity index is 2.00. The van der Waals surface area contributed by atoms with Crippen LogP contribution in [0.15, 0.2) is 36.5 Å². The molecule has 0 aliphatic carbocycles. The maximum atomic E-state index is 5.26. The van der Waals surface area contributed by atoms with Gasteiger partial charge in [-0.1, -0.05) is 6.07 Å². The molecule has 5 heteroatoms. The first-order chi connectivity index (χ1) is 10.3. The maximum absolute atomic E-state index is 5.26. The van der Waals surface area contributed by atoms with Crippen molar-refractivity contribution >= 4 is 0 Å². The van der Waals surface area contributed by atoms with E-state index in [0.717, 1.165) is 22.6 Å². The van der Waals surface area contributed by atoms with E-state index in [2.05, 4.69) is 10.3 Å². The van der Waals surface area contributed by atoms with Crippen molar-refractivity contribution in [1.29, 1.82) is 0 Å². The predicted molar refractivity (Wildman–Crippen MR) is 80.9 cm³/mol. The van der Waals surface area contributed by atoms with Crippen LogP contribution in [-0.4, -0.2) is 26.3 Å². The van der Waals surface area contributed by atoms with Crippen LogP contribution >= 0.6 is 0 Å². The molecule has 1 aromatic heterocycles. The van der Waals surface area contributed by atoms with Crippen LogP contribution in [0.4, 0.5) is 0 Å². The zero-order chi connectivity index (χ0) is 15.1. The van der Waals surface area contributed by atoms with E-state index in [1.54, 1.807) is 27.5 Å². The molecular weight excluding hydrogens is 268 g/mol. The third-order valence-electron chi connectivity index (χ3n) is 3.10. The summed E-state index contributed by atoms with van der Waals surface area (Å²) < 4.78 is 15.8. The first kappa shape index (κ1) is 15.1. The van der Waals surface area contributed by atoms with E-state index in [4.69, 9.17) is 14.2 Å². The number of benzene rings is 1. The summed E-state index contributed by atoms with van der Waals surface area (Å²) in [6.07, 6.45) is 1.72. The molecule has 0 fully saturated rings. The molecule has 112 valence electrons. The highest BCUT2D eigenvalue weighted by Gasteiger charge is 2.04. The normalized spacial score (nSPS) is 10.2. The number of hydrogen-bond donors (Lipinski definition) is 1. The highest BCUT2D eigenvalue weighted by Crippen LogP contribution is 2.22. The van der Waals surface area contributed by atoms with Gasteiger partial charge in [0.15, 0.2) is 0 Å². The lowest BCUT2D eigenvalue weighted by atomic mass is 10.2. The number of methoxy groups -OCH3 is 3. The summed E-state index contributed by atoms with van der Waals surface area (Å²) in [6.45, 7) is 1.38. The zero-order valence-corrected chi connectivity index (χ0v) is 12.6. The lowest BCUT2D eigenvalue weighted by Crippen LogP contribution is -2.13. The fourth-order valence-corrected chi connectivity index (χ4v) is 2.05. The van der Waals surface area contributed by atoms with E-state index in [1.807, 2.05) is 30.3 Å². The van der Waals surface area contributed by atoms with Gasteiger partial charge in [0, 0.05) is 30.9 Å². The standard InChI is InChI=1S/C16H20N2O3/c1-19-14-7-12(8-15(9-14)20-2)10-17-11-13-5-4-6-18-16(13)21-3/h4-9,17H,10-11H2,1-3H3. The Morgan fingerprint density at radius 2 is 1.67 bits per heavy atom. The van der Waals surface area contributed by atoms with Crippen molar-refractivity contribution in [2.24, 2.45) is 0 Å². The molecule has 2 aromatic rings. The van der Waals surface area contributed by atoms with Crippen molar-refractivity contribution in [3.8, 4) is 17.4 Å². The van der Waals surface area contributed by atoms with Crippen LogP contribution in [-0.2, 0) is 13.1 Å². The van der Waals surface area contributed by atoms with Crippen molar-refractivity contribution in [3.63, 3.8) is 0 Å². The Bertz CT molecular complexity index is 565. The van der Waals surface area contributed by atoms with Gasteiger partial charge >= 0.3 is 0 Å². The second kappa shape index (κ2) is 7.50. The summed E-state index contributed by atoms with van der Waals surface area (Å²) in [5.41, 5.74) is 2.11. The lowest BCUT2D eigenvalue weighted by molar-refractivity contribution is 0.389. The van der Waals surface area contributed by atoms with E-state index in [1.165, 1.54) is 0 Å². The van der Waals surface area contributed by atoms with Crippen molar-refractivity contribution in [2.45, 2.75) is 13.1 Å². The van der Waals surface area contributed by atoms with Gasteiger partial charge in [-0.25, -0.2) is 4.98 Å². The van der Waals surface area contributed by atoms with Crippen LogP contribution in [0.5, 0.6) is 17.4 Å². The summed E-state index contributed by atoms with van der Waals surface area (Å²) in [4.78, 5) is 4.18. The number of pyridine rings is 1. The minimum Gasteiger partial charge on any atom is -0.497 e. The Morgan fingerprint density at radius 1 is 0.952 bits per heavy atom. The molecule has 0 amide bonds. The van der Waals surface area contributed by atoms with Gasteiger partial charge in [-0.2, -0.15) is 0 Å². The molecule has 0 unspecified atom stereocenters. The summed E-state index contributed by atoms with van der Waals surface area (Å²) in [5, 5.41) is 3.36. The number of aromatic nitrogens is 1. The minimum absolute atomic E-state index is 0.647. The minimum atomic E-state index is 0.647. The Morgan fingerprint density at radius 3 is 2.29 bits per heavy atom. The van der Waals surface area contributed by atoms with Crippen LogP contribution < -0.4 is 19.5 Å². The molecule has 0 atom stereocenters. The van der Waals surface area contributed by atoms with Crippen LogP contribution in [0, 0.1) is 0 Å². The molecule has 0 aliphatic rings. The first-order valence-electron chi connectivity index (χ1n) is 6.67. The van der Waals surface area contributed by atoms with Crippen molar-refractivity contribution in [2.75, 3.05) is 21.3 Å². The van der Waals surface area contributed by atoms with Gasteiger partial charge in [0.25, 0.3) is 0 Å². The number of rotatable bonds is 7. The molecule has 5 nitrogen and oxygen atoms in total. The van der Waals surface area contributed by atoms with Crippen LogP contribution in [0.1, 0.15) is 11.1 Å². The fraction of sp³-hybridized carbons (Fsp3) is 0.312. The van der Waals surface area contributed by atoms with Crippen molar-refractivity contribution < 1.29 is 14.2 Å². The third-order valence-corrected chi connectivity index (χ3v) is 3.10. The largest absolute Gasteiger partial charge is 0.497 e. The van der Waals surface area contributed by atoms with Gasteiger partial charge in [0.05, 0.1) is 21.3 Å². The topological polar surface area (TPSA) is 52.6 Å². The molecule has 0 bridgehead atoms. The van der Waals surface area contributed by atoms with Crippen LogP contribution in [0.2, 0.25) is 0 Å². The molecule has 0 radical (unpaired) electrons. The van der Waals surface area contributed by atoms with E-state index >= 15 is 0 Å². The van der Waals surface area contributed by atoms with E-state index in [-0.39, 0.29) is 0 Å². The second-order valence-corrected chi connectivity index (χ2v) is 4.50. The number of ether oxygens (including phenoxy) is 3. The van der Waals surface area contributed by atoms with Gasteiger partial charge < -0.3 is 19.5 Å². The Hall–Kier alpha value is -2.27. The van der Waals surface area contributed by atoms with Crippen LogP contribution in [0.25, 0.3) is 0 Å². The van der Waals surface area contributed by atoms with E-state index in [0.29, 0.717) is 19.0 Å². The monoisotopic (exact) mass is 288 g/mol. The molecular formula is C16H20N2O3. The smallest absolute Gasteiger partial charge is 0.217 e. The molecule has 0 saturated carbocycles. The van der Waals surface area contributed by atoms with Crippen molar-refractivity contribution in [1.82, 2.24) is 10.3 Å². The summed E-state index contributed by atoms with van der Waals surface area (Å²) in [7, 11) is 4.91. The number of nitrogens with zero attached hydrogens (tertiary/aromatic N) is 1. The molecule has 1 heterocycles. The van der Waals surface area contributed by atoms with Crippen molar-refractivity contribution in [3.05, 3.63) is 47.7 Å². The first-order valence-corrected chi connectivity index (χ1v) is 6.67. The highest BCUT2D eigenvalue weighted by molar-refractivity contribution is 5.38. The Kier molecular flexibility index (Phi) is 5.40. The van der Waals surface area contributed by atoms with Gasteiger partial charge in [0.1, 0.15) is 11.5 Å². The quantitative estimate of drug-likeness (QED) is 0.848. The molecule has 21 heavy (non-hydrogen) atoms. The molecule has 1 aromatic carbocycles. The van der Waals surface area contributed by atoms with Gasteiger partial charge in [-0.3, -0.25) is 0 Å². The second-order valence-electron chi connectivity index (χ2n) is 4.50. The molecule has 2 rings (SSSR count). The zero-order valence-electron chi connectivity index (χ0n) is 12.6. The molecule has 0 spiro atoms. The van der Waals surface area contributed by atoms with Crippen LogP contribution in [0.3, 0.4) is 0 Å².